The Labute approximate surface area is 114 Å². The first kappa shape index (κ1) is 12.8. The first-order chi connectivity index (χ1) is 9.04. The Hall–Kier alpha value is -1.21. The zero-order valence-electron chi connectivity index (χ0n) is 9.62. The molecule has 0 N–H and O–H groups in total. The molecule has 2 aromatic carbocycles. The predicted octanol–water partition coefficient (Wildman–Crippen LogP) is 0.125. The van der Waals surface area contributed by atoms with E-state index in [0.717, 1.165) is 16.3 Å². The lowest BCUT2D eigenvalue weighted by atomic mass is 10.0. The highest BCUT2D eigenvalue weighted by molar-refractivity contribution is 8.11. The molecule has 0 spiro atoms. The Bertz CT molecular complexity index is 703. The third kappa shape index (κ3) is 2.57. The second-order valence-electron chi connectivity index (χ2n) is 3.93. The molecule has 0 bridgehead atoms. The molecule has 1 atom stereocenters. The molecule has 0 fully saturated rings. The Morgan fingerprint density at radius 2 is 1.79 bits per heavy atom. The van der Waals surface area contributed by atoms with Gasteiger partial charge in [-0.25, -0.2) is 0 Å². The minimum Gasteiger partial charge on any atom is -0.182 e. The van der Waals surface area contributed by atoms with E-state index in [1.807, 2.05) is 36.4 Å². The third-order valence-electron chi connectivity index (χ3n) is 2.76. The fraction of sp³-hybridized carbons (Fsp3) is 0. The van der Waals surface area contributed by atoms with Gasteiger partial charge >= 0.3 is 0 Å². The summed E-state index contributed by atoms with van der Waals surface area (Å²) in [4.78, 5) is 0.702. The van der Waals surface area contributed by atoms with Crippen molar-refractivity contribution < 1.29 is 28.0 Å². The fourth-order valence-electron chi connectivity index (χ4n) is 2.04. The minimum absolute atomic E-state index is 0.702. The molecule has 1 unspecified atom stereocenters. The smallest absolute Gasteiger partial charge is 0.141 e. The average molecular weight is 297 g/mol. The van der Waals surface area contributed by atoms with Crippen molar-refractivity contribution in [1.82, 2.24) is 0 Å². The Morgan fingerprint density at radius 1 is 1.00 bits per heavy atom. The van der Waals surface area contributed by atoms with Gasteiger partial charge in [0.1, 0.15) is 14.5 Å². The summed E-state index contributed by atoms with van der Waals surface area (Å²) in [6.07, 6.45) is 3.59. The molecule has 0 saturated heterocycles. The highest BCUT2D eigenvalue weighted by atomic mass is 35.7. The molecule has 2 aromatic rings. The molecule has 0 saturated carbocycles. The van der Waals surface area contributed by atoms with Crippen molar-refractivity contribution in [2.75, 3.05) is 0 Å². The molecule has 1 heterocycles. The van der Waals surface area contributed by atoms with Crippen LogP contribution in [-0.4, -0.2) is 5.37 Å². The van der Waals surface area contributed by atoms with E-state index in [2.05, 4.69) is 3.74 Å². The van der Waals surface area contributed by atoms with Crippen LogP contribution in [0, 0.1) is 10.2 Å². The molecular formula is C13H9ClO4S. The van der Waals surface area contributed by atoms with Crippen LogP contribution in [0.3, 0.4) is 0 Å². The van der Waals surface area contributed by atoms with Crippen molar-refractivity contribution in [3.63, 3.8) is 0 Å². The molecule has 0 aromatic heterocycles. The summed E-state index contributed by atoms with van der Waals surface area (Å²) in [6, 6.07) is 11.5. The van der Waals surface area contributed by atoms with Crippen LogP contribution in [0.1, 0.15) is 5.56 Å². The van der Waals surface area contributed by atoms with Crippen LogP contribution in [0.25, 0.3) is 16.8 Å². The van der Waals surface area contributed by atoms with Crippen molar-refractivity contribution in [2.24, 2.45) is 0 Å². The average Bonchev–Trinajstić information content (AvgIpc) is 2.37. The van der Waals surface area contributed by atoms with Crippen LogP contribution in [0.5, 0.6) is 0 Å². The van der Waals surface area contributed by atoms with E-state index in [1.165, 1.54) is 0 Å². The van der Waals surface area contributed by atoms with Crippen molar-refractivity contribution in [1.29, 1.82) is 0 Å². The number of fused-ring (bicyclic) bond motifs is 3. The summed E-state index contributed by atoms with van der Waals surface area (Å²) in [5.41, 5.74) is 0.891. The van der Waals surface area contributed by atoms with Crippen LogP contribution in [0.4, 0.5) is 0 Å². The van der Waals surface area contributed by atoms with Gasteiger partial charge in [-0.05, 0) is 22.4 Å². The largest absolute Gasteiger partial charge is 0.182 e. The van der Waals surface area contributed by atoms with E-state index >= 15 is 0 Å². The van der Waals surface area contributed by atoms with Gasteiger partial charge in [-0.2, -0.15) is 14.0 Å². The lowest BCUT2D eigenvalue weighted by molar-refractivity contribution is -1.91. The molecule has 0 aliphatic carbocycles. The van der Waals surface area contributed by atoms with Gasteiger partial charge in [-0.3, -0.25) is 0 Å². The molecule has 4 nitrogen and oxygen atoms in total. The molecule has 0 amide bonds. The summed E-state index contributed by atoms with van der Waals surface area (Å²) < 4.78 is 36.8. The normalized spacial score (nSPS) is 18.2. The lowest BCUT2D eigenvalue weighted by Crippen LogP contribution is -2.60. The Balaban J connectivity index is 2.16. The van der Waals surface area contributed by atoms with E-state index in [1.54, 1.807) is 17.5 Å². The molecule has 0 radical (unpaired) electrons. The van der Waals surface area contributed by atoms with Gasteiger partial charge in [0.25, 0.3) is 0 Å². The van der Waals surface area contributed by atoms with E-state index < -0.39 is 21.0 Å². The monoisotopic (exact) mass is 296 g/mol. The van der Waals surface area contributed by atoms with Gasteiger partial charge in [0, 0.05) is 5.37 Å². The Kier molecular flexibility index (Phi) is 3.18. The standard InChI is InChI=1S/C13H9ClO4S/c15-14(16,17)18-19-9-3-6-12-11-5-2-1-4-10(11)7-8-13(12)19/h1-9H. The van der Waals surface area contributed by atoms with E-state index in [0.29, 0.717) is 4.90 Å². The number of allylic oxidation sites excluding steroid dienone is 1. The summed E-state index contributed by atoms with van der Waals surface area (Å²) in [5.74, 6) is 0. The molecule has 1 aliphatic heterocycles. The molecule has 1 aliphatic rings. The SMILES string of the molecule is [O-][Cl+3]([O-])([O-])OS1=CC=Cc2c1ccc1ccccc21. The molecule has 98 valence electrons. The number of rotatable bonds is 2. The van der Waals surface area contributed by atoms with Gasteiger partial charge in [-0.15, -0.1) is 0 Å². The van der Waals surface area contributed by atoms with Crippen LogP contribution in [-0.2, 0) is 3.74 Å². The highest BCUT2D eigenvalue weighted by Gasteiger charge is 2.26. The minimum atomic E-state index is -4.44. The van der Waals surface area contributed by atoms with Crippen LogP contribution in [0.15, 0.2) is 47.4 Å². The number of benzene rings is 2. The van der Waals surface area contributed by atoms with E-state index in [4.69, 9.17) is 0 Å². The zero-order chi connectivity index (χ0) is 13.5. The van der Waals surface area contributed by atoms with Gasteiger partial charge < -0.3 is 0 Å². The van der Waals surface area contributed by atoms with Crippen molar-refractivity contribution in [3.8, 4) is 0 Å². The van der Waals surface area contributed by atoms with E-state index in [-0.39, 0.29) is 0 Å². The molecule has 19 heavy (non-hydrogen) atoms. The predicted molar refractivity (Wildman–Crippen MR) is 66.0 cm³/mol. The number of hydrogen-bond acceptors (Lipinski definition) is 4. The van der Waals surface area contributed by atoms with Crippen molar-refractivity contribution >= 4 is 33.0 Å². The number of hydrogen-bond donors (Lipinski definition) is 0. The van der Waals surface area contributed by atoms with Crippen LogP contribution < -0.4 is 14.0 Å². The lowest BCUT2D eigenvalue weighted by Gasteiger charge is -2.17. The first-order valence-corrected chi connectivity index (χ1v) is 7.86. The van der Waals surface area contributed by atoms with Gasteiger partial charge in [0.15, 0.2) is 0 Å². The molecular weight excluding hydrogens is 288 g/mol. The summed E-state index contributed by atoms with van der Waals surface area (Å²) in [6.45, 7) is 0. The first-order valence-electron chi connectivity index (χ1n) is 5.42. The quantitative estimate of drug-likeness (QED) is 0.738. The summed E-state index contributed by atoms with van der Waals surface area (Å²) in [7, 11) is -5.61. The topological polar surface area (TPSA) is 78.4 Å². The van der Waals surface area contributed by atoms with Crippen LogP contribution >= 0.6 is 10.8 Å². The molecule has 6 heteroatoms. The number of halogens is 1. The maximum Gasteiger partial charge on any atom is 0.141 e. The van der Waals surface area contributed by atoms with Crippen molar-refractivity contribution in [3.05, 3.63) is 48.0 Å². The van der Waals surface area contributed by atoms with Gasteiger partial charge in [0.2, 0.25) is 0 Å². The zero-order valence-corrected chi connectivity index (χ0v) is 11.2. The maximum absolute atomic E-state index is 10.7. The molecule has 3 rings (SSSR count). The third-order valence-corrected chi connectivity index (χ3v) is 5.11. The summed E-state index contributed by atoms with van der Waals surface area (Å²) in [5, 5.41) is 3.63. The second-order valence-corrected chi connectivity index (χ2v) is 6.50. The van der Waals surface area contributed by atoms with Gasteiger partial charge in [-0.1, -0.05) is 42.5 Å². The Morgan fingerprint density at radius 3 is 2.58 bits per heavy atom. The fourth-order valence-corrected chi connectivity index (χ4v) is 4.11. The van der Waals surface area contributed by atoms with Crippen LogP contribution in [0.2, 0.25) is 0 Å². The summed E-state index contributed by atoms with van der Waals surface area (Å²) >= 11 is 0. The van der Waals surface area contributed by atoms with Gasteiger partial charge in [0.05, 0.1) is 15.1 Å². The maximum atomic E-state index is 10.7. The second kappa shape index (κ2) is 4.72. The van der Waals surface area contributed by atoms with E-state index in [9.17, 15) is 14.0 Å². The highest BCUT2D eigenvalue weighted by Crippen LogP contribution is 2.39. The van der Waals surface area contributed by atoms with Crippen molar-refractivity contribution in [2.45, 2.75) is 4.90 Å².